The Morgan fingerprint density at radius 1 is 1.28 bits per heavy atom. The second kappa shape index (κ2) is 5.83. The predicted molar refractivity (Wildman–Crippen MR) is 72.2 cm³/mol. The summed E-state index contributed by atoms with van der Waals surface area (Å²) in [5.74, 6) is 0. The van der Waals surface area contributed by atoms with Crippen molar-refractivity contribution in [3.05, 3.63) is 59.9 Å². The number of nitriles is 1. The molecule has 1 aromatic carbocycles. The van der Waals surface area contributed by atoms with Gasteiger partial charge in [0.25, 0.3) is 0 Å². The van der Waals surface area contributed by atoms with Gasteiger partial charge >= 0.3 is 0 Å². The molecule has 1 atom stereocenters. The minimum atomic E-state index is 0.253. The first-order valence-electron chi connectivity index (χ1n) is 5.94. The molecule has 0 saturated carbocycles. The molecule has 1 heterocycles. The fourth-order valence-electron chi connectivity index (χ4n) is 1.89. The van der Waals surface area contributed by atoms with Crippen molar-refractivity contribution < 1.29 is 0 Å². The zero-order chi connectivity index (χ0) is 12.8. The van der Waals surface area contributed by atoms with Gasteiger partial charge in [-0.05, 0) is 25.0 Å². The van der Waals surface area contributed by atoms with Crippen LogP contribution in [0.2, 0.25) is 0 Å². The van der Waals surface area contributed by atoms with Crippen LogP contribution in [0.5, 0.6) is 0 Å². The molecule has 0 aliphatic carbocycles. The number of hydrogen-bond acceptors (Lipinski definition) is 3. The van der Waals surface area contributed by atoms with E-state index in [1.807, 2.05) is 18.2 Å². The molecule has 0 fully saturated rings. The average molecular weight is 237 g/mol. The van der Waals surface area contributed by atoms with Gasteiger partial charge in [-0.1, -0.05) is 30.3 Å². The van der Waals surface area contributed by atoms with Gasteiger partial charge in [0.2, 0.25) is 0 Å². The maximum Gasteiger partial charge on any atom is 0.101 e. The van der Waals surface area contributed by atoms with E-state index in [9.17, 15) is 0 Å². The molecule has 90 valence electrons. The van der Waals surface area contributed by atoms with Gasteiger partial charge in [-0.15, -0.1) is 0 Å². The largest absolute Gasteiger partial charge is 0.380 e. The highest BCUT2D eigenvalue weighted by Crippen LogP contribution is 2.14. The SMILES string of the molecule is CC(Cc1ccccc1)Nc1cnccc1C#N. The number of hydrogen-bond donors (Lipinski definition) is 1. The fraction of sp³-hybridized carbons (Fsp3) is 0.200. The predicted octanol–water partition coefficient (Wildman–Crippen LogP) is 3.00. The molecule has 0 aliphatic heterocycles. The summed E-state index contributed by atoms with van der Waals surface area (Å²) in [4.78, 5) is 4.04. The van der Waals surface area contributed by atoms with Crippen molar-refractivity contribution in [1.82, 2.24) is 4.98 Å². The lowest BCUT2D eigenvalue weighted by atomic mass is 10.1. The summed E-state index contributed by atoms with van der Waals surface area (Å²) in [6.45, 7) is 2.10. The van der Waals surface area contributed by atoms with Crippen LogP contribution in [0.4, 0.5) is 5.69 Å². The number of rotatable bonds is 4. The molecular weight excluding hydrogens is 222 g/mol. The summed E-state index contributed by atoms with van der Waals surface area (Å²) >= 11 is 0. The number of aromatic nitrogens is 1. The number of benzene rings is 1. The average Bonchev–Trinajstić information content (AvgIpc) is 2.40. The molecular formula is C15H15N3. The van der Waals surface area contributed by atoms with Crippen LogP contribution in [0.3, 0.4) is 0 Å². The number of nitrogens with one attached hydrogen (secondary N) is 1. The molecule has 0 saturated heterocycles. The van der Waals surface area contributed by atoms with E-state index in [0.29, 0.717) is 5.56 Å². The highest BCUT2D eigenvalue weighted by Gasteiger charge is 2.06. The minimum Gasteiger partial charge on any atom is -0.380 e. The quantitative estimate of drug-likeness (QED) is 0.889. The molecule has 0 spiro atoms. The van der Waals surface area contributed by atoms with Crippen molar-refractivity contribution in [1.29, 1.82) is 5.26 Å². The van der Waals surface area contributed by atoms with Crippen LogP contribution in [-0.4, -0.2) is 11.0 Å². The van der Waals surface area contributed by atoms with E-state index >= 15 is 0 Å². The number of nitrogens with zero attached hydrogens (tertiary/aromatic N) is 2. The Labute approximate surface area is 107 Å². The zero-order valence-corrected chi connectivity index (χ0v) is 10.3. The van der Waals surface area contributed by atoms with E-state index in [-0.39, 0.29) is 6.04 Å². The zero-order valence-electron chi connectivity index (χ0n) is 10.3. The maximum absolute atomic E-state index is 9.00. The number of pyridine rings is 1. The second-order valence-corrected chi connectivity index (χ2v) is 4.27. The third-order valence-electron chi connectivity index (χ3n) is 2.73. The van der Waals surface area contributed by atoms with Crippen LogP contribution in [-0.2, 0) is 6.42 Å². The van der Waals surface area contributed by atoms with Gasteiger partial charge in [0.1, 0.15) is 6.07 Å². The van der Waals surface area contributed by atoms with Crippen LogP contribution < -0.4 is 5.32 Å². The Kier molecular flexibility index (Phi) is 3.93. The van der Waals surface area contributed by atoms with E-state index in [2.05, 4.69) is 35.4 Å². The minimum absolute atomic E-state index is 0.253. The van der Waals surface area contributed by atoms with Gasteiger partial charge in [0.15, 0.2) is 0 Å². The molecule has 3 heteroatoms. The van der Waals surface area contributed by atoms with Crippen molar-refractivity contribution in [2.45, 2.75) is 19.4 Å². The van der Waals surface area contributed by atoms with Crippen molar-refractivity contribution >= 4 is 5.69 Å². The molecule has 18 heavy (non-hydrogen) atoms. The van der Waals surface area contributed by atoms with Gasteiger partial charge in [-0.2, -0.15) is 5.26 Å². The highest BCUT2D eigenvalue weighted by molar-refractivity contribution is 5.55. The summed E-state index contributed by atoms with van der Waals surface area (Å²) < 4.78 is 0. The van der Waals surface area contributed by atoms with E-state index in [0.717, 1.165) is 12.1 Å². The third kappa shape index (κ3) is 3.08. The van der Waals surface area contributed by atoms with E-state index < -0.39 is 0 Å². The van der Waals surface area contributed by atoms with Crippen LogP contribution in [0.1, 0.15) is 18.1 Å². The Morgan fingerprint density at radius 2 is 2.06 bits per heavy atom. The van der Waals surface area contributed by atoms with Crippen molar-refractivity contribution in [3.8, 4) is 6.07 Å². The Bertz CT molecular complexity index is 543. The van der Waals surface area contributed by atoms with Crippen LogP contribution in [0.15, 0.2) is 48.8 Å². The van der Waals surface area contributed by atoms with Crippen LogP contribution in [0.25, 0.3) is 0 Å². The van der Waals surface area contributed by atoms with Gasteiger partial charge < -0.3 is 5.32 Å². The van der Waals surface area contributed by atoms with Crippen LogP contribution in [0, 0.1) is 11.3 Å². The first kappa shape index (κ1) is 12.1. The van der Waals surface area contributed by atoms with Crippen molar-refractivity contribution in [2.75, 3.05) is 5.32 Å². The fourth-order valence-corrected chi connectivity index (χ4v) is 1.89. The molecule has 1 unspecified atom stereocenters. The lowest BCUT2D eigenvalue weighted by Gasteiger charge is -2.15. The summed E-state index contributed by atoms with van der Waals surface area (Å²) in [7, 11) is 0. The third-order valence-corrected chi connectivity index (χ3v) is 2.73. The number of anilines is 1. The Hall–Kier alpha value is -2.34. The van der Waals surface area contributed by atoms with E-state index in [4.69, 9.17) is 5.26 Å². The molecule has 0 radical (unpaired) electrons. The van der Waals surface area contributed by atoms with Crippen molar-refractivity contribution in [3.63, 3.8) is 0 Å². The standard InChI is InChI=1S/C15H15N3/c1-12(9-13-5-3-2-4-6-13)18-15-11-17-8-7-14(15)10-16/h2-8,11-12,18H,9H2,1H3. The van der Waals surface area contributed by atoms with E-state index in [1.165, 1.54) is 5.56 Å². The van der Waals surface area contributed by atoms with Gasteiger partial charge in [0, 0.05) is 12.2 Å². The first-order valence-corrected chi connectivity index (χ1v) is 5.94. The topological polar surface area (TPSA) is 48.7 Å². The summed E-state index contributed by atoms with van der Waals surface area (Å²) in [6.07, 6.45) is 4.24. The Balaban J connectivity index is 2.04. The first-order chi connectivity index (χ1) is 8.79. The van der Waals surface area contributed by atoms with Crippen molar-refractivity contribution in [2.24, 2.45) is 0 Å². The maximum atomic E-state index is 9.00. The van der Waals surface area contributed by atoms with E-state index in [1.54, 1.807) is 18.5 Å². The summed E-state index contributed by atoms with van der Waals surface area (Å²) in [5, 5.41) is 12.3. The van der Waals surface area contributed by atoms with Crippen LogP contribution >= 0.6 is 0 Å². The molecule has 1 N–H and O–H groups in total. The second-order valence-electron chi connectivity index (χ2n) is 4.27. The molecule has 0 bridgehead atoms. The summed E-state index contributed by atoms with van der Waals surface area (Å²) in [6, 6.07) is 14.4. The van der Waals surface area contributed by atoms with Gasteiger partial charge in [-0.3, -0.25) is 4.98 Å². The molecule has 0 aliphatic rings. The molecule has 3 nitrogen and oxygen atoms in total. The Morgan fingerprint density at radius 3 is 2.78 bits per heavy atom. The summed E-state index contributed by atoms with van der Waals surface area (Å²) in [5.41, 5.74) is 2.70. The normalized spacial score (nSPS) is 11.6. The van der Waals surface area contributed by atoms with Gasteiger partial charge in [-0.25, -0.2) is 0 Å². The lowest BCUT2D eigenvalue weighted by Crippen LogP contribution is -2.18. The molecule has 2 rings (SSSR count). The lowest BCUT2D eigenvalue weighted by molar-refractivity contribution is 0.789. The smallest absolute Gasteiger partial charge is 0.101 e. The highest BCUT2D eigenvalue weighted by atomic mass is 14.9. The molecule has 2 aromatic rings. The molecule has 0 amide bonds. The monoisotopic (exact) mass is 237 g/mol. The van der Waals surface area contributed by atoms with Gasteiger partial charge in [0.05, 0.1) is 17.4 Å². The molecule has 1 aromatic heterocycles.